The van der Waals surface area contributed by atoms with Crippen molar-refractivity contribution in [3.8, 4) is 33.6 Å². The van der Waals surface area contributed by atoms with Crippen molar-refractivity contribution in [3.05, 3.63) is 158 Å². The molecule has 9 aromatic rings. The van der Waals surface area contributed by atoms with Gasteiger partial charge in [0.05, 0.1) is 38.2 Å². The van der Waals surface area contributed by atoms with Gasteiger partial charge in [-0.1, -0.05) is 153 Å². The zero-order chi connectivity index (χ0) is 35.8. The van der Waals surface area contributed by atoms with E-state index in [9.17, 15) is 0 Å². The van der Waals surface area contributed by atoms with Crippen LogP contribution in [-0.4, -0.2) is 25.3 Å². The largest absolute Gasteiger partial charge is 0.309 e. The van der Waals surface area contributed by atoms with Crippen LogP contribution in [0.2, 0.25) is 39.3 Å². The van der Waals surface area contributed by atoms with Crippen molar-refractivity contribution < 1.29 is 0 Å². The number of hydrogen-bond donors (Lipinski definition) is 0. The lowest BCUT2D eigenvalue weighted by Gasteiger charge is -2.18. The average Bonchev–Trinajstić information content (AvgIpc) is 3.67. The highest BCUT2D eigenvalue weighted by Crippen LogP contribution is 2.38. The molecule has 2 aromatic heterocycles. The first-order valence-electron chi connectivity index (χ1n) is 18.4. The zero-order valence-corrected chi connectivity index (χ0v) is 32.9. The molecule has 2 heterocycles. The maximum atomic E-state index is 2.50. The summed E-state index contributed by atoms with van der Waals surface area (Å²) in [5.41, 5.74) is 12.2. The van der Waals surface area contributed by atoms with Crippen molar-refractivity contribution >= 4 is 70.1 Å². The van der Waals surface area contributed by atoms with Gasteiger partial charge in [-0.05, 0) is 76.9 Å². The van der Waals surface area contributed by atoms with Crippen LogP contribution in [0.15, 0.2) is 158 Å². The second-order valence-electron chi connectivity index (χ2n) is 16.4. The van der Waals surface area contributed by atoms with Crippen molar-refractivity contribution in [2.45, 2.75) is 39.3 Å². The van der Waals surface area contributed by atoms with Crippen LogP contribution in [0.1, 0.15) is 0 Å². The summed E-state index contributed by atoms with van der Waals surface area (Å²) in [5.74, 6) is 0. The summed E-state index contributed by atoms with van der Waals surface area (Å²) in [5, 5.41) is 8.14. The van der Waals surface area contributed by atoms with E-state index in [1.54, 1.807) is 0 Å². The van der Waals surface area contributed by atoms with Gasteiger partial charge in [-0.2, -0.15) is 0 Å². The van der Waals surface area contributed by atoms with Crippen LogP contribution in [0.4, 0.5) is 0 Å². The average molecular weight is 705 g/mol. The summed E-state index contributed by atoms with van der Waals surface area (Å²) in [6.45, 7) is 14.6. The Kier molecular flexibility index (Phi) is 7.55. The molecule has 0 saturated heterocycles. The molecule has 0 radical (unpaired) electrons. The fourth-order valence-corrected chi connectivity index (χ4v) is 10.3. The lowest BCUT2D eigenvalue weighted by atomic mass is 9.97. The summed E-state index contributed by atoms with van der Waals surface area (Å²) in [4.78, 5) is 0. The highest BCUT2D eigenvalue weighted by Gasteiger charge is 2.22. The summed E-state index contributed by atoms with van der Waals surface area (Å²) in [7, 11) is -3.08. The molecule has 52 heavy (non-hydrogen) atoms. The summed E-state index contributed by atoms with van der Waals surface area (Å²) >= 11 is 0. The normalized spacial score (nSPS) is 12.4. The molecule has 0 saturated carbocycles. The van der Waals surface area contributed by atoms with Crippen LogP contribution < -0.4 is 10.4 Å². The van der Waals surface area contributed by atoms with Crippen LogP contribution in [0.5, 0.6) is 0 Å². The van der Waals surface area contributed by atoms with E-state index >= 15 is 0 Å². The third-order valence-electron chi connectivity index (χ3n) is 10.8. The predicted octanol–water partition coefficient (Wildman–Crippen LogP) is 12.3. The molecule has 0 aliphatic carbocycles. The molecule has 254 valence electrons. The maximum absolute atomic E-state index is 2.50. The Bertz CT molecular complexity index is 2810. The predicted molar refractivity (Wildman–Crippen MR) is 232 cm³/mol. The van der Waals surface area contributed by atoms with Crippen molar-refractivity contribution in [1.82, 2.24) is 9.13 Å². The minimum absolute atomic E-state index is 1.18. The monoisotopic (exact) mass is 704 g/mol. The minimum atomic E-state index is -1.55. The highest BCUT2D eigenvalue weighted by molar-refractivity contribution is 6.89. The molecule has 7 aromatic carbocycles. The molecule has 0 aliphatic rings. The number of para-hydroxylation sites is 2. The van der Waals surface area contributed by atoms with Gasteiger partial charge in [0.15, 0.2) is 0 Å². The molecule has 0 N–H and O–H groups in total. The summed E-state index contributed by atoms with van der Waals surface area (Å²) in [6.07, 6.45) is 0. The van der Waals surface area contributed by atoms with Crippen molar-refractivity contribution in [3.63, 3.8) is 0 Å². The molecule has 0 aliphatic heterocycles. The van der Waals surface area contributed by atoms with Gasteiger partial charge in [0.2, 0.25) is 0 Å². The van der Waals surface area contributed by atoms with Crippen molar-refractivity contribution in [2.75, 3.05) is 0 Å². The number of nitrogens with zero attached hydrogens (tertiary/aromatic N) is 2. The second-order valence-corrected chi connectivity index (χ2v) is 26.5. The Balaban J connectivity index is 1.30. The van der Waals surface area contributed by atoms with Crippen LogP contribution in [0.3, 0.4) is 0 Å². The van der Waals surface area contributed by atoms with E-state index in [2.05, 4.69) is 206 Å². The Hall–Kier alpha value is -5.43. The molecule has 0 fully saturated rings. The maximum Gasteiger partial charge on any atom is 0.0776 e. The number of hydrogen-bond acceptors (Lipinski definition) is 0. The highest BCUT2D eigenvalue weighted by atomic mass is 28.3. The van der Waals surface area contributed by atoms with Crippen LogP contribution in [0, 0.1) is 0 Å². The number of rotatable bonds is 6. The smallest absolute Gasteiger partial charge is 0.0776 e. The molecule has 4 heteroatoms. The van der Waals surface area contributed by atoms with Crippen molar-refractivity contribution in [2.24, 2.45) is 0 Å². The van der Waals surface area contributed by atoms with Gasteiger partial charge in [0.25, 0.3) is 0 Å². The first-order valence-corrected chi connectivity index (χ1v) is 25.4. The fourth-order valence-electron chi connectivity index (χ4n) is 7.96. The second kappa shape index (κ2) is 12.1. The Morgan fingerprint density at radius 3 is 1.31 bits per heavy atom. The molecule has 0 atom stereocenters. The van der Waals surface area contributed by atoms with E-state index in [0.29, 0.717) is 0 Å². The number of benzene rings is 7. The van der Waals surface area contributed by atoms with Crippen molar-refractivity contribution in [1.29, 1.82) is 0 Å². The van der Waals surface area contributed by atoms with Crippen LogP contribution in [-0.2, 0) is 0 Å². The lowest BCUT2D eigenvalue weighted by Crippen LogP contribution is -2.37. The number of fused-ring (bicyclic) bond motifs is 6. The third kappa shape index (κ3) is 5.45. The van der Waals surface area contributed by atoms with E-state index in [4.69, 9.17) is 0 Å². The molecule has 0 amide bonds. The van der Waals surface area contributed by atoms with Gasteiger partial charge in [-0.25, -0.2) is 0 Å². The van der Waals surface area contributed by atoms with Crippen LogP contribution >= 0.6 is 0 Å². The summed E-state index contributed by atoms with van der Waals surface area (Å²) < 4.78 is 4.98. The van der Waals surface area contributed by atoms with Gasteiger partial charge < -0.3 is 9.13 Å². The first-order chi connectivity index (χ1) is 25.0. The Morgan fingerprint density at radius 1 is 0.308 bits per heavy atom. The SMILES string of the molecule is C[Si](C)(C)c1ccc2c3ccccc3n(-c3cccc(-c4cc(-c5ccccc5)cc(-n5c6ccccc6c6ccc([Si](C)(C)C)cc65)c4)c3)c2c1. The molecular formula is C48H44N2Si2. The molecule has 2 nitrogen and oxygen atoms in total. The molecule has 9 rings (SSSR count). The van der Waals surface area contributed by atoms with E-state index in [-0.39, 0.29) is 0 Å². The Morgan fingerprint density at radius 2 is 0.750 bits per heavy atom. The topological polar surface area (TPSA) is 9.86 Å². The first kappa shape index (κ1) is 32.5. The van der Waals surface area contributed by atoms with E-state index in [1.807, 2.05) is 0 Å². The standard InChI is InChI=1S/C48H44N2Si2/c1-51(2,3)39-23-25-43-41-19-10-12-21-45(41)49(47(43)31-39)37-18-14-17-34(28-37)36-27-35(33-15-8-7-9-16-33)29-38(30-36)50-46-22-13-11-20-42(46)44-26-24-40(32-48(44)50)52(4,5)6/h7-32H,1-6H3. The number of aromatic nitrogens is 2. The van der Waals surface area contributed by atoms with Gasteiger partial charge in [0.1, 0.15) is 0 Å². The Labute approximate surface area is 308 Å². The quantitative estimate of drug-likeness (QED) is 0.153. The van der Waals surface area contributed by atoms with E-state index in [0.717, 1.165) is 0 Å². The minimum Gasteiger partial charge on any atom is -0.309 e. The van der Waals surface area contributed by atoms with E-state index < -0.39 is 16.1 Å². The molecule has 0 spiro atoms. The van der Waals surface area contributed by atoms with Gasteiger partial charge in [-0.3, -0.25) is 0 Å². The van der Waals surface area contributed by atoms with Crippen LogP contribution in [0.25, 0.3) is 77.2 Å². The zero-order valence-electron chi connectivity index (χ0n) is 30.9. The van der Waals surface area contributed by atoms with Gasteiger partial charge >= 0.3 is 0 Å². The van der Waals surface area contributed by atoms with Gasteiger partial charge in [0, 0.05) is 32.9 Å². The van der Waals surface area contributed by atoms with Gasteiger partial charge in [-0.15, -0.1) is 0 Å². The molecular weight excluding hydrogens is 661 g/mol. The van der Waals surface area contributed by atoms with E-state index in [1.165, 1.54) is 87.6 Å². The summed E-state index contributed by atoms with van der Waals surface area (Å²) in [6, 6.07) is 59.2. The molecule has 0 unspecified atom stereocenters. The molecule has 0 bridgehead atoms. The lowest BCUT2D eigenvalue weighted by molar-refractivity contribution is 1.18. The fraction of sp³-hybridized carbons (Fsp3) is 0.125. The third-order valence-corrected chi connectivity index (χ3v) is 14.9.